The molecule has 0 spiro atoms. The van der Waals surface area contributed by atoms with Crippen molar-refractivity contribution in [3.05, 3.63) is 34.4 Å². The zero-order valence-electron chi connectivity index (χ0n) is 19.2. The number of fused-ring (bicyclic) bond motifs is 5. The molecule has 8 unspecified atom stereocenters. The van der Waals surface area contributed by atoms with E-state index in [1.807, 2.05) is 19.9 Å². The summed E-state index contributed by atoms with van der Waals surface area (Å²) in [5.41, 5.74) is 0.219. The first kappa shape index (κ1) is 22.1. The van der Waals surface area contributed by atoms with Crippen LogP contribution < -0.4 is 5.63 Å². The van der Waals surface area contributed by atoms with Gasteiger partial charge in [-0.3, -0.25) is 0 Å². The van der Waals surface area contributed by atoms with Gasteiger partial charge >= 0.3 is 5.63 Å². The van der Waals surface area contributed by atoms with Crippen LogP contribution in [0.15, 0.2) is 27.6 Å². The predicted molar refractivity (Wildman–Crippen MR) is 118 cm³/mol. The molecule has 0 aromatic carbocycles. The van der Waals surface area contributed by atoms with Gasteiger partial charge in [0.15, 0.2) is 0 Å². The Hall–Kier alpha value is -1.13. The van der Waals surface area contributed by atoms with Gasteiger partial charge in [0, 0.05) is 11.5 Å². The molecule has 4 heteroatoms. The molecule has 4 saturated carbocycles. The lowest BCUT2D eigenvalue weighted by molar-refractivity contribution is -0.205. The van der Waals surface area contributed by atoms with Crippen molar-refractivity contribution in [2.45, 2.75) is 103 Å². The molecule has 30 heavy (non-hydrogen) atoms. The fourth-order valence-corrected chi connectivity index (χ4v) is 8.30. The van der Waals surface area contributed by atoms with Crippen LogP contribution in [-0.4, -0.2) is 21.9 Å². The van der Waals surface area contributed by atoms with Crippen molar-refractivity contribution in [1.82, 2.24) is 0 Å². The van der Waals surface area contributed by atoms with Gasteiger partial charge in [0.1, 0.15) is 0 Å². The standard InChI is InChI=1S/C24H34O4.C2H6/c1-22-10-7-17(25)13-16(22)4-5-20-19(22)8-11-23(2)18(9-12-24(20,23)27)15-3-6-21(26)28-14-15;1-2/h3,6,14,16-20,25,27H,4-5,7-13H2,1-2H3;1-2H3. The second kappa shape index (κ2) is 7.78. The summed E-state index contributed by atoms with van der Waals surface area (Å²) in [4.78, 5) is 11.4. The summed E-state index contributed by atoms with van der Waals surface area (Å²) in [5, 5.41) is 22.4. The molecule has 4 fully saturated rings. The first-order valence-corrected chi connectivity index (χ1v) is 12.3. The van der Waals surface area contributed by atoms with Gasteiger partial charge in [-0.15, -0.1) is 0 Å². The first-order chi connectivity index (χ1) is 14.3. The summed E-state index contributed by atoms with van der Waals surface area (Å²) < 4.78 is 5.17. The highest BCUT2D eigenvalue weighted by atomic mass is 16.4. The van der Waals surface area contributed by atoms with Crippen LogP contribution in [-0.2, 0) is 0 Å². The Morgan fingerprint density at radius 2 is 1.73 bits per heavy atom. The van der Waals surface area contributed by atoms with Gasteiger partial charge < -0.3 is 14.6 Å². The van der Waals surface area contributed by atoms with Crippen LogP contribution in [0.25, 0.3) is 0 Å². The van der Waals surface area contributed by atoms with Gasteiger partial charge in [-0.25, -0.2) is 4.79 Å². The minimum Gasteiger partial charge on any atom is -0.431 e. The van der Waals surface area contributed by atoms with Crippen LogP contribution in [0.1, 0.15) is 97.0 Å². The van der Waals surface area contributed by atoms with Crippen LogP contribution >= 0.6 is 0 Å². The molecular formula is C26H40O4. The minimum atomic E-state index is -0.638. The molecule has 1 aromatic rings. The molecule has 0 aliphatic heterocycles. The number of rotatable bonds is 1. The Morgan fingerprint density at radius 3 is 2.43 bits per heavy atom. The van der Waals surface area contributed by atoms with Crippen molar-refractivity contribution in [2.24, 2.45) is 28.6 Å². The Balaban J connectivity index is 0.00000106. The first-order valence-electron chi connectivity index (χ1n) is 12.3. The van der Waals surface area contributed by atoms with E-state index in [2.05, 4.69) is 13.8 Å². The molecule has 0 amide bonds. The molecule has 4 aliphatic rings. The van der Waals surface area contributed by atoms with E-state index < -0.39 is 5.60 Å². The zero-order valence-corrected chi connectivity index (χ0v) is 19.2. The third-order valence-corrected chi connectivity index (χ3v) is 9.95. The molecular weight excluding hydrogens is 376 g/mol. The van der Waals surface area contributed by atoms with Crippen LogP contribution in [0.4, 0.5) is 0 Å². The van der Waals surface area contributed by atoms with Gasteiger partial charge in [0.2, 0.25) is 0 Å². The molecule has 168 valence electrons. The number of aliphatic hydroxyl groups excluding tert-OH is 1. The SMILES string of the molecule is CC.CC12CCC(O)CC1CCC1C2CCC2(C)C(c3ccc(=O)oc3)CCC12O. The number of aliphatic hydroxyl groups is 2. The van der Waals surface area contributed by atoms with E-state index in [4.69, 9.17) is 4.42 Å². The molecule has 2 N–H and O–H groups in total. The average molecular weight is 417 g/mol. The monoisotopic (exact) mass is 416 g/mol. The molecule has 0 bridgehead atoms. The van der Waals surface area contributed by atoms with Crippen molar-refractivity contribution in [3.63, 3.8) is 0 Å². The highest BCUT2D eigenvalue weighted by molar-refractivity contribution is 5.27. The summed E-state index contributed by atoms with van der Waals surface area (Å²) in [5.74, 6) is 1.76. The summed E-state index contributed by atoms with van der Waals surface area (Å²) in [6, 6.07) is 3.42. The van der Waals surface area contributed by atoms with Crippen molar-refractivity contribution >= 4 is 0 Å². The van der Waals surface area contributed by atoms with E-state index in [9.17, 15) is 15.0 Å². The van der Waals surface area contributed by atoms with E-state index >= 15 is 0 Å². The highest BCUT2D eigenvalue weighted by Gasteiger charge is 2.67. The maximum absolute atomic E-state index is 12.2. The van der Waals surface area contributed by atoms with Gasteiger partial charge in [0.25, 0.3) is 0 Å². The Labute approximate surface area is 181 Å². The lowest BCUT2D eigenvalue weighted by atomic mass is 9.43. The van der Waals surface area contributed by atoms with E-state index in [1.165, 1.54) is 12.5 Å². The molecule has 4 aliphatic carbocycles. The molecule has 0 radical (unpaired) electrons. The molecule has 1 aromatic heterocycles. The van der Waals surface area contributed by atoms with Crippen LogP contribution in [0.5, 0.6) is 0 Å². The Morgan fingerprint density at radius 1 is 0.967 bits per heavy atom. The summed E-state index contributed by atoms with van der Waals surface area (Å²) in [7, 11) is 0. The Kier molecular flexibility index (Phi) is 5.72. The fraction of sp³-hybridized carbons (Fsp3) is 0.808. The lowest BCUT2D eigenvalue weighted by Crippen LogP contribution is -2.62. The fourth-order valence-electron chi connectivity index (χ4n) is 8.30. The van der Waals surface area contributed by atoms with E-state index in [0.29, 0.717) is 17.8 Å². The zero-order chi connectivity index (χ0) is 21.7. The van der Waals surface area contributed by atoms with Crippen molar-refractivity contribution in [1.29, 1.82) is 0 Å². The number of hydrogen-bond donors (Lipinski definition) is 2. The van der Waals surface area contributed by atoms with Crippen molar-refractivity contribution < 1.29 is 14.6 Å². The topological polar surface area (TPSA) is 70.7 Å². The molecule has 0 saturated heterocycles. The summed E-state index contributed by atoms with van der Waals surface area (Å²) >= 11 is 0. The Bertz CT molecular complexity index is 797. The largest absolute Gasteiger partial charge is 0.431 e. The predicted octanol–water partition coefficient (Wildman–Crippen LogP) is 5.27. The van der Waals surface area contributed by atoms with Gasteiger partial charge in [0.05, 0.1) is 18.0 Å². The van der Waals surface area contributed by atoms with E-state index in [1.54, 1.807) is 6.26 Å². The summed E-state index contributed by atoms with van der Waals surface area (Å²) in [6.45, 7) is 8.73. The molecule has 5 rings (SSSR count). The quantitative estimate of drug-likeness (QED) is 0.654. The highest BCUT2D eigenvalue weighted by Crippen LogP contribution is 2.70. The molecule has 8 atom stereocenters. The van der Waals surface area contributed by atoms with Crippen LogP contribution in [0.3, 0.4) is 0 Å². The lowest BCUT2D eigenvalue weighted by Gasteiger charge is -2.63. The second-order valence-electron chi connectivity index (χ2n) is 10.8. The third-order valence-electron chi connectivity index (χ3n) is 9.95. The number of hydrogen-bond acceptors (Lipinski definition) is 4. The maximum Gasteiger partial charge on any atom is 0.335 e. The van der Waals surface area contributed by atoms with Gasteiger partial charge in [-0.05, 0) is 98.5 Å². The van der Waals surface area contributed by atoms with E-state index in [0.717, 1.165) is 56.9 Å². The molecule has 1 heterocycles. The smallest absolute Gasteiger partial charge is 0.335 e. The summed E-state index contributed by atoms with van der Waals surface area (Å²) in [6.07, 6.45) is 10.7. The van der Waals surface area contributed by atoms with Crippen LogP contribution in [0.2, 0.25) is 0 Å². The maximum atomic E-state index is 12.2. The van der Waals surface area contributed by atoms with Gasteiger partial charge in [-0.1, -0.05) is 27.7 Å². The average Bonchev–Trinajstić information content (AvgIpc) is 3.02. The normalized spacial score (nSPS) is 47.3. The molecule has 4 nitrogen and oxygen atoms in total. The third kappa shape index (κ3) is 3.04. The van der Waals surface area contributed by atoms with Crippen molar-refractivity contribution in [3.8, 4) is 0 Å². The second-order valence-corrected chi connectivity index (χ2v) is 10.8. The minimum absolute atomic E-state index is 0.129. The van der Waals surface area contributed by atoms with E-state index in [-0.39, 0.29) is 28.5 Å². The van der Waals surface area contributed by atoms with Gasteiger partial charge in [-0.2, -0.15) is 0 Å². The van der Waals surface area contributed by atoms with Crippen LogP contribution in [0, 0.1) is 28.6 Å². The van der Waals surface area contributed by atoms with Crippen molar-refractivity contribution in [2.75, 3.05) is 0 Å².